The van der Waals surface area contributed by atoms with Crippen LogP contribution >= 0.6 is 11.3 Å². The second-order valence-electron chi connectivity index (χ2n) is 6.54. The Bertz CT molecular complexity index is 810. The maximum Gasteiger partial charge on any atom is 0.268 e. The second kappa shape index (κ2) is 8.23. The van der Waals surface area contributed by atoms with Crippen LogP contribution in [-0.2, 0) is 4.79 Å². The van der Waals surface area contributed by atoms with Crippen LogP contribution < -0.4 is 10.6 Å². The summed E-state index contributed by atoms with van der Waals surface area (Å²) in [6.45, 7) is 1.51. The molecule has 6 nitrogen and oxygen atoms in total. The number of nitrogens with zero attached hydrogens (tertiary/aromatic N) is 1. The zero-order chi connectivity index (χ0) is 18.5. The molecule has 0 unspecified atom stereocenters. The number of nitrogens with one attached hydrogen (secondary N) is 3. The van der Waals surface area contributed by atoms with Gasteiger partial charge in [-0.3, -0.25) is 15.0 Å². The zero-order valence-corrected chi connectivity index (χ0v) is 15.5. The summed E-state index contributed by atoms with van der Waals surface area (Å²) in [6, 6.07) is 9.37. The lowest BCUT2D eigenvalue weighted by Gasteiger charge is -2.07. The molecule has 26 heavy (non-hydrogen) atoms. The number of amides is 2. The van der Waals surface area contributed by atoms with Crippen molar-refractivity contribution < 1.29 is 9.59 Å². The van der Waals surface area contributed by atoms with Crippen LogP contribution in [0.3, 0.4) is 0 Å². The van der Waals surface area contributed by atoms with Crippen molar-refractivity contribution in [1.29, 1.82) is 5.41 Å². The number of hydrogen-bond acceptors (Lipinski definition) is 5. The van der Waals surface area contributed by atoms with Crippen LogP contribution in [0.5, 0.6) is 0 Å². The molecule has 1 saturated carbocycles. The first-order valence-corrected chi connectivity index (χ1v) is 9.57. The lowest BCUT2D eigenvalue weighted by atomic mass is 10.0. The molecule has 0 radical (unpaired) electrons. The van der Waals surface area contributed by atoms with Crippen molar-refractivity contribution in [2.24, 2.45) is 5.92 Å². The molecule has 1 fully saturated rings. The number of carbonyl (C=O) groups excluding carboxylic acids is 2. The van der Waals surface area contributed by atoms with Crippen LogP contribution in [0.25, 0.3) is 11.3 Å². The summed E-state index contributed by atoms with van der Waals surface area (Å²) in [7, 11) is 0. The van der Waals surface area contributed by atoms with E-state index in [1.54, 1.807) is 0 Å². The first-order chi connectivity index (χ1) is 12.5. The maximum atomic E-state index is 12.4. The van der Waals surface area contributed by atoms with Gasteiger partial charge in [0.2, 0.25) is 5.91 Å². The molecule has 0 atom stereocenters. The molecule has 0 saturated heterocycles. The Kier molecular flexibility index (Phi) is 5.78. The molecule has 3 rings (SSSR count). The number of benzene rings is 1. The minimum atomic E-state index is -0.384. The van der Waals surface area contributed by atoms with Crippen LogP contribution in [0.15, 0.2) is 30.3 Å². The highest BCUT2D eigenvalue weighted by molar-refractivity contribution is 7.18. The van der Waals surface area contributed by atoms with Gasteiger partial charge < -0.3 is 10.6 Å². The lowest BCUT2D eigenvalue weighted by Crippen LogP contribution is -2.27. The molecule has 2 aromatic rings. The van der Waals surface area contributed by atoms with E-state index in [1.165, 1.54) is 19.8 Å². The predicted molar refractivity (Wildman–Crippen MR) is 104 cm³/mol. The molecule has 2 amide bonds. The first kappa shape index (κ1) is 18.3. The van der Waals surface area contributed by atoms with Gasteiger partial charge >= 0.3 is 0 Å². The predicted octanol–water partition coefficient (Wildman–Crippen LogP) is 4.06. The van der Waals surface area contributed by atoms with Crippen LogP contribution in [0, 0.1) is 11.3 Å². The SMILES string of the molecule is CC(=N)NC(=O)c1sc(NC(=O)CC2CCCC2)nc1-c1ccccc1. The summed E-state index contributed by atoms with van der Waals surface area (Å²) in [5.41, 5.74) is 1.32. The number of rotatable bonds is 5. The van der Waals surface area contributed by atoms with Crippen molar-refractivity contribution in [3.05, 3.63) is 35.2 Å². The second-order valence-corrected chi connectivity index (χ2v) is 7.54. The van der Waals surface area contributed by atoms with Crippen molar-refractivity contribution in [3.8, 4) is 11.3 Å². The number of anilines is 1. The van der Waals surface area contributed by atoms with Crippen LogP contribution in [0.1, 0.15) is 48.7 Å². The fourth-order valence-electron chi connectivity index (χ4n) is 3.19. The number of hydrogen-bond donors (Lipinski definition) is 3. The van der Waals surface area contributed by atoms with E-state index < -0.39 is 0 Å². The molecular formula is C19H22N4O2S. The van der Waals surface area contributed by atoms with Crippen LogP contribution in [0.4, 0.5) is 5.13 Å². The van der Waals surface area contributed by atoms with Gasteiger partial charge in [0, 0.05) is 12.0 Å². The smallest absolute Gasteiger partial charge is 0.268 e. The fourth-order valence-corrected chi connectivity index (χ4v) is 4.09. The van der Waals surface area contributed by atoms with E-state index in [-0.39, 0.29) is 17.6 Å². The Morgan fingerprint density at radius 2 is 1.92 bits per heavy atom. The molecule has 7 heteroatoms. The molecule has 1 aliphatic rings. The average Bonchev–Trinajstić information content (AvgIpc) is 3.25. The van der Waals surface area contributed by atoms with Crippen molar-refractivity contribution >= 4 is 34.1 Å². The summed E-state index contributed by atoms with van der Waals surface area (Å²) in [5, 5.41) is 13.2. The van der Waals surface area contributed by atoms with Gasteiger partial charge in [0.05, 0.1) is 11.5 Å². The highest BCUT2D eigenvalue weighted by Crippen LogP contribution is 2.32. The molecule has 0 spiro atoms. The third-order valence-electron chi connectivity index (χ3n) is 4.38. The van der Waals surface area contributed by atoms with Gasteiger partial charge in [0.25, 0.3) is 5.91 Å². The van der Waals surface area contributed by atoms with Crippen LogP contribution in [-0.4, -0.2) is 22.6 Å². The van der Waals surface area contributed by atoms with Gasteiger partial charge in [-0.1, -0.05) is 54.5 Å². The Hall–Kier alpha value is -2.54. The number of thiazole rings is 1. The highest BCUT2D eigenvalue weighted by Gasteiger charge is 2.22. The van der Waals surface area contributed by atoms with Gasteiger partial charge in [-0.05, 0) is 25.7 Å². The van der Waals surface area contributed by atoms with E-state index >= 15 is 0 Å². The topological polar surface area (TPSA) is 94.9 Å². The van der Waals surface area contributed by atoms with E-state index in [0.717, 1.165) is 29.7 Å². The van der Waals surface area contributed by atoms with Crippen molar-refractivity contribution in [2.75, 3.05) is 5.32 Å². The maximum absolute atomic E-state index is 12.4. The number of aromatic nitrogens is 1. The molecule has 0 bridgehead atoms. The standard InChI is InChI=1S/C19H22N4O2S/c1-12(20)21-18(25)17-16(14-9-3-2-4-10-14)23-19(26-17)22-15(24)11-13-7-5-6-8-13/h2-4,9-10,13H,5-8,11H2,1H3,(H2,20,21,25)(H,22,23,24). The Morgan fingerprint density at radius 3 is 2.58 bits per heavy atom. The molecule has 0 aliphatic heterocycles. The summed E-state index contributed by atoms with van der Waals surface area (Å²) in [4.78, 5) is 29.6. The van der Waals surface area contributed by atoms with Crippen molar-refractivity contribution in [3.63, 3.8) is 0 Å². The average molecular weight is 370 g/mol. The van der Waals surface area contributed by atoms with E-state index in [2.05, 4.69) is 15.6 Å². The minimum Gasteiger partial charge on any atom is -0.310 e. The molecule has 3 N–H and O–H groups in total. The normalized spacial score (nSPS) is 14.2. The molecule has 1 aromatic heterocycles. The van der Waals surface area contributed by atoms with E-state index in [9.17, 15) is 9.59 Å². The van der Waals surface area contributed by atoms with E-state index in [1.807, 2.05) is 30.3 Å². The molecule has 1 aliphatic carbocycles. The molecule has 1 aromatic carbocycles. The Labute approximate surface area is 156 Å². The van der Waals surface area contributed by atoms with Gasteiger partial charge in [0.15, 0.2) is 5.13 Å². The molecule has 136 valence electrons. The van der Waals surface area contributed by atoms with Gasteiger partial charge in [-0.15, -0.1) is 0 Å². The van der Waals surface area contributed by atoms with E-state index in [0.29, 0.717) is 28.0 Å². The summed E-state index contributed by atoms with van der Waals surface area (Å²) < 4.78 is 0. The fraction of sp³-hybridized carbons (Fsp3) is 0.368. The van der Waals surface area contributed by atoms with Gasteiger partial charge in [-0.2, -0.15) is 0 Å². The Morgan fingerprint density at radius 1 is 1.23 bits per heavy atom. The van der Waals surface area contributed by atoms with Gasteiger partial charge in [0.1, 0.15) is 4.88 Å². The largest absolute Gasteiger partial charge is 0.310 e. The Balaban J connectivity index is 1.82. The van der Waals surface area contributed by atoms with Crippen molar-refractivity contribution in [2.45, 2.75) is 39.0 Å². The summed E-state index contributed by atoms with van der Waals surface area (Å²) in [6.07, 6.45) is 5.10. The summed E-state index contributed by atoms with van der Waals surface area (Å²) in [5.74, 6) is 0.0757. The first-order valence-electron chi connectivity index (χ1n) is 8.75. The number of carbonyl (C=O) groups is 2. The molecular weight excluding hydrogens is 348 g/mol. The highest BCUT2D eigenvalue weighted by atomic mass is 32.1. The van der Waals surface area contributed by atoms with Gasteiger partial charge in [-0.25, -0.2) is 4.98 Å². The summed E-state index contributed by atoms with van der Waals surface area (Å²) >= 11 is 1.14. The van der Waals surface area contributed by atoms with E-state index in [4.69, 9.17) is 5.41 Å². The van der Waals surface area contributed by atoms with Crippen LogP contribution in [0.2, 0.25) is 0 Å². The third kappa shape index (κ3) is 4.54. The quantitative estimate of drug-likeness (QED) is 0.547. The number of amidine groups is 1. The zero-order valence-electron chi connectivity index (χ0n) is 14.7. The lowest BCUT2D eigenvalue weighted by molar-refractivity contribution is -0.117. The van der Waals surface area contributed by atoms with Crippen molar-refractivity contribution in [1.82, 2.24) is 10.3 Å². The molecule has 1 heterocycles. The minimum absolute atomic E-state index is 0.0551. The monoisotopic (exact) mass is 370 g/mol. The third-order valence-corrected chi connectivity index (χ3v) is 5.35.